The molecular formula is C12H22O10. The molecule has 0 radical (unpaired) electrons. The van der Waals surface area contributed by atoms with Gasteiger partial charge in [-0.25, -0.2) is 0 Å². The molecule has 2 heterocycles. The van der Waals surface area contributed by atoms with Crippen LogP contribution in [-0.2, 0) is 9.47 Å². The van der Waals surface area contributed by atoms with E-state index < -0.39 is 74.3 Å². The van der Waals surface area contributed by atoms with E-state index in [0.29, 0.717) is 0 Å². The van der Waals surface area contributed by atoms with Gasteiger partial charge in [0.15, 0.2) is 11.2 Å². The zero-order chi connectivity index (χ0) is 16.7. The summed E-state index contributed by atoms with van der Waals surface area (Å²) in [4.78, 5) is 0. The van der Waals surface area contributed by atoms with Crippen molar-refractivity contribution in [2.24, 2.45) is 0 Å². The van der Waals surface area contributed by atoms with Crippen molar-refractivity contribution in [2.75, 3.05) is 26.4 Å². The molecular weight excluding hydrogens is 304 g/mol. The Kier molecular flexibility index (Phi) is 5.09. The highest BCUT2D eigenvalue weighted by Crippen LogP contribution is 2.43. The lowest BCUT2D eigenvalue weighted by Crippen LogP contribution is -2.83. The molecule has 0 aromatic rings. The summed E-state index contributed by atoms with van der Waals surface area (Å²) in [5, 5.41) is 80.1. The first-order chi connectivity index (χ1) is 10.2. The smallest absolute Gasteiger partial charge is 0.155 e. The van der Waals surface area contributed by atoms with Crippen LogP contribution in [0, 0.1) is 0 Å². The first kappa shape index (κ1) is 17.9. The summed E-state index contributed by atoms with van der Waals surface area (Å²) < 4.78 is 10.0. The van der Waals surface area contributed by atoms with Gasteiger partial charge in [-0.2, -0.15) is 0 Å². The molecule has 130 valence electrons. The Morgan fingerprint density at radius 3 is 1.32 bits per heavy atom. The molecule has 0 aliphatic carbocycles. The van der Waals surface area contributed by atoms with Crippen LogP contribution in [0.1, 0.15) is 0 Å². The molecule has 0 unspecified atom stereocenters. The van der Waals surface area contributed by atoms with Crippen molar-refractivity contribution in [1.82, 2.24) is 0 Å². The fourth-order valence-electron chi connectivity index (χ4n) is 3.21. The molecule has 2 aliphatic heterocycles. The summed E-state index contributed by atoms with van der Waals surface area (Å²) in [5.41, 5.74) is -5.60. The summed E-state index contributed by atoms with van der Waals surface area (Å²) in [6.45, 7) is -2.56. The van der Waals surface area contributed by atoms with E-state index in [1.165, 1.54) is 0 Å². The van der Waals surface area contributed by atoms with Crippen LogP contribution >= 0.6 is 0 Å². The number of aliphatic hydroxyl groups is 8. The van der Waals surface area contributed by atoms with Gasteiger partial charge in [0.2, 0.25) is 0 Å². The molecule has 2 saturated heterocycles. The molecule has 0 saturated carbocycles. The molecule has 0 aromatic carbocycles. The Morgan fingerprint density at radius 1 is 0.727 bits per heavy atom. The average Bonchev–Trinajstić information content (AvgIpc) is 2.50. The minimum Gasteiger partial charge on any atom is -0.394 e. The fraction of sp³-hybridized carbons (Fsp3) is 1.00. The maximum atomic E-state index is 10.8. The van der Waals surface area contributed by atoms with Gasteiger partial charge in [-0.3, -0.25) is 0 Å². The monoisotopic (exact) mass is 326 g/mol. The Balaban J connectivity index is 2.53. The molecule has 8 atom stereocenters. The van der Waals surface area contributed by atoms with E-state index in [-0.39, 0.29) is 0 Å². The molecule has 8 N–H and O–H groups in total. The summed E-state index contributed by atoms with van der Waals surface area (Å²) in [6.07, 6.45) is -10.5. The van der Waals surface area contributed by atoms with Crippen LogP contribution in [0.25, 0.3) is 0 Å². The minimum atomic E-state index is -2.80. The Hall–Kier alpha value is -0.400. The fourth-order valence-corrected chi connectivity index (χ4v) is 3.21. The van der Waals surface area contributed by atoms with E-state index in [9.17, 15) is 40.9 Å². The van der Waals surface area contributed by atoms with Crippen molar-refractivity contribution in [2.45, 2.75) is 47.8 Å². The van der Waals surface area contributed by atoms with Crippen LogP contribution in [0.2, 0.25) is 0 Å². The Labute approximate surface area is 125 Å². The average molecular weight is 326 g/mol. The number of rotatable bonds is 3. The van der Waals surface area contributed by atoms with Crippen molar-refractivity contribution in [3.05, 3.63) is 0 Å². The molecule has 2 rings (SSSR count). The van der Waals surface area contributed by atoms with Crippen molar-refractivity contribution < 1.29 is 50.3 Å². The number of aliphatic hydroxyl groups excluding tert-OH is 6. The van der Waals surface area contributed by atoms with Crippen LogP contribution < -0.4 is 0 Å². The molecule has 10 heteroatoms. The van der Waals surface area contributed by atoms with Gasteiger partial charge >= 0.3 is 0 Å². The lowest BCUT2D eigenvalue weighted by Gasteiger charge is -2.58. The van der Waals surface area contributed by atoms with Gasteiger partial charge in [0.25, 0.3) is 0 Å². The van der Waals surface area contributed by atoms with Gasteiger partial charge in [0.1, 0.15) is 36.6 Å². The molecule has 0 amide bonds. The summed E-state index contributed by atoms with van der Waals surface area (Å²) in [6, 6.07) is 0. The molecule has 0 bridgehead atoms. The maximum Gasteiger partial charge on any atom is 0.155 e. The highest BCUT2D eigenvalue weighted by atomic mass is 16.6. The largest absolute Gasteiger partial charge is 0.394 e. The van der Waals surface area contributed by atoms with Crippen molar-refractivity contribution in [3.8, 4) is 0 Å². The third-order valence-electron chi connectivity index (χ3n) is 4.52. The Bertz CT molecular complexity index is 350. The first-order valence-electron chi connectivity index (χ1n) is 6.87. The van der Waals surface area contributed by atoms with Gasteiger partial charge < -0.3 is 50.3 Å². The number of hydrogen-bond donors (Lipinski definition) is 8. The normalized spacial score (nSPS) is 53.5. The van der Waals surface area contributed by atoms with Crippen LogP contribution in [0.3, 0.4) is 0 Å². The van der Waals surface area contributed by atoms with E-state index in [4.69, 9.17) is 9.47 Å². The predicted octanol–water partition coefficient (Wildman–Crippen LogP) is -5.33. The number of hydrogen-bond acceptors (Lipinski definition) is 10. The molecule has 22 heavy (non-hydrogen) atoms. The quantitative estimate of drug-likeness (QED) is 0.249. The standard InChI is InChI=1S/C12H22O10/c13-1-7-11(19,9(17)5(15)3-21-7)12(20)8(2-14)22-4-6(16)10(12)18/h5-10,13-20H,1-4H2/t5-,6-,7+,8+,9+,10+,11+,12+/m0/s1. The van der Waals surface area contributed by atoms with E-state index in [0.717, 1.165) is 0 Å². The number of ether oxygens (including phenoxy) is 2. The van der Waals surface area contributed by atoms with E-state index in [2.05, 4.69) is 0 Å². The molecule has 10 nitrogen and oxygen atoms in total. The second-order valence-electron chi connectivity index (χ2n) is 5.68. The highest BCUT2D eigenvalue weighted by Gasteiger charge is 2.70. The van der Waals surface area contributed by atoms with Crippen molar-refractivity contribution in [3.63, 3.8) is 0 Å². The summed E-state index contributed by atoms with van der Waals surface area (Å²) in [7, 11) is 0. The minimum absolute atomic E-state index is 0.423. The lowest BCUT2D eigenvalue weighted by atomic mass is 9.64. The molecule has 2 fully saturated rings. The topological polar surface area (TPSA) is 180 Å². The van der Waals surface area contributed by atoms with Gasteiger partial charge in [-0.05, 0) is 0 Å². The maximum absolute atomic E-state index is 10.8. The SMILES string of the molecule is OC[C@H]1OC[C@H](O)[C@@H](O)[C@@]1(O)[C@]1(O)[C@H](O)[C@@H](O)CO[C@@H]1CO. The third-order valence-corrected chi connectivity index (χ3v) is 4.52. The van der Waals surface area contributed by atoms with E-state index in [1.807, 2.05) is 0 Å². The Morgan fingerprint density at radius 2 is 1.05 bits per heavy atom. The van der Waals surface area contributed by atoms with Gasteiger partial charge in [0, 0.05) is 0 Å². The van der Waals surface area contributed by atoms with Gasteiger partial charge in [-0.1, -0.05) is 0 Å². The van der Waals surface area contributed by atoms with E-state index >= 15 is 0 Å². The predicted molar refractivity (Wildman–Crippen MR) is 67.6 cm³/mol. The van der Waals surface area contributed by atoms with E-state index in [1.54, 1.807) is 0 Å². The lowest BCUT2D eigenvalue weighted by molar-refractivity contribution is -0.370. The zero-order valence-electron chi connectivity index (χ0n) is 11.7. The van der Waals surface area contributed by atoms with Crippen LogP contribution in [0.5, 0.6) is 0 Å². The van der Waals surface area contributed by atoms with Crippen LogP contribution in [0.4, 0.5) is 0 Å². The summed E-state index contributed by atoms with van der Waals surface area (Å²) in [5.74, 6) is 0. The van der Waals surface area contributed by atoms with Gasteiger partial charge in [-0.15, -0.1) is 0 Å². The molecule has 0 spiro atoms. The third kappa shape index (κ3) is 2.27. The first-order valence-corrected chi connectivity index (χ1v) is 6.87. The highest BCUT2D eigenvalue weighted by molar-refractivity contribution is 5.20. The van der Waals surface area contributed by atoms with Crippen molar-refractivity contribution >= 4 is 0 Å². The molecule has 0 aromatic heterocycles. The van der Waals surface area contributed by atoms with Crippen LogP contribution in [0.15, 0.2) is 0 Å². The zero-order valence-corrected chi connectivity index (χ0v) is 11.7. The second-order valence-corrected chi connectivity index (χ2v) is 5.68. The van der Waals surface area contributed by atoms with Gasteiger partial charge in [0.05, 0.1) is 26.4 Å². The molecule has 2 aliphatic rings. The van der Waals surface area contributed by atoms with Crippen LogP contribution in [-0.4, -0.2) is 115 Å². The second kappa shape index (κ2) is 6.24. The summed E-state index contributed by atoms with van der Waals surface area (Å²) >= 11 is 0. The van der Waals surface area contributed by atoms with Crippen molar-refractivity contribution in [1.29, 1.82) is 0 Å².